The van der Waals surface area contributed by atoms with Crippen LogP contribution in [-0.2, 0) is 6.54 Å². The molecule has 1 unspecified atom stereocenters. The Hall–Kier alpha value is -1.68. The Morgan fingerprint density at radius 3 is 2.10 bits per heavy atom. The Morgan fingerprint density at radius 1 is 0.900 bits per heavy atom. The van der Waals surface area contributed by atoms with E-state index in [-0.39, 0.29) is 12.5 Å². The SMILES string of the molecule is OC[C@@H](CNCc1ccccc1)C(O)c1ccccc1. The number of hydrogen-bond donors (Lipinski definition) is 3. The first kappa shape index (κ1) is 14.7. The number of benzene rings is 2. The van der Waals surface area contributed by atoms with Crippen LogP contribution in [0.4, 0.5) is 0 Å². The van der Waals surface area contributed by atoms with E-state index in [4.69, 9.17) is 0 Å². The zero-order valence-corrected chi connectivity index (χ0v) is 11.4. The van der Waals surface area contributed by atoms with Gasteiger partial charge in [-0.1, -0.05) is 60.7 Å². The molecule has 0 heterocycles. The van der Waals surface area contributed by atoms with Crippen molar-refractivity contribution in [3.8, 4) is 0 Å². The van der Waals surface area contributed by atoms with Crippen LogP contribution in [0.25, 0.3) is 0 Å². The summed E-state index contributed by atoms with van der Waals surface area (Å²) in [5.41, 5.74) is 2.03. The summed E-state index contributed by atoms with van der Waals surface area (Å²) in [6, 6.07) is 19.5. The van der Waals surface area contributed by atoms with Gasteiger partial charge in [0.25, 0.3) is 0 Å². The average molecular weight is 271 g/mol. The molecule has 2 aromatic rings. The van der Waals surface area contributed by atoms with E-state index < -0.39 is 6.10 Å². The number of aliphatic hydroxyl groups excluding tert-OH is 2. The molecule has 0 aliphatic heterocycles. The fraction of sp³-hybridized carbons (Fsp3) is 0.294. The summed E-state index contributed by atoms with van der Waals surface area (Å²) < 4.78 is 0. The van der Waals surface area contributed by atoms with Gasteiger partial charge in [-0.05, 0) is 11.1 Å². The summed E-state index contributed by atoms with van der Waals surface area (Å²) in [5, 5.41) is 23.0. The van der Waals surface area contributed by atoms with Crippen LogP contribution in [0.5, 0.6) is 0 Å². The molecule has 0 saturated heterocycles. The minimum atomic E-state index is -0.649. The van der Waals surface area contributed by atoms with Crippen molar-refractivity contribution >= 4 is 0 Å². The summed E-state index contributed by atoms with van der Waals surface area (Å²) in [7, 11) is 0. The molecule has 2 rings (SSSR count). The van der Waals surface area contributed by atoms with E-state index in [1.54, 1.807) is 0 Å². The molecule has 3 nitrogen and oxygen atoms in total. The molecule has 0 amide bonds. The second kappa shape index (κ2) is 7.80. The molecule has 3 N–H and O–H groups in total. The van der Waals surface area contributed by atoms with Crippen molar-refractivity contribution in [2.45, 2.75) is 12.6 Å². The van der Waals surface area contributed by atoms with Gasteiger partial charge in [-0.25, -0.2) is 0 Å². The highest BCUT2D eigenvalue weighted by Gasteiger charge is 2.19. The summed E-state index contributed by atoms with van der Waals surface area (Å²) >= 11 is 0. The van der Waals surface area contributed by atoms with Crippen LogP contribution in [0.15, 0.2) is 60.7 Å². The van der Waals surface area contributed by atoms with Crippen LogP contribution >= 0.6 is 0 Å². The van der Waals surface area contributed by atoms with Gasteiger partial charge in [0.15, 0.2) is 0 Å². The lowest BCUT2D eigenvalue weighted by Crippen LogP contribution is -2.29. The van der Waals surface area contributed by atoms with Gasteiger partial charge in [-0.3, -0.25) is 0 Å². The quantitative estimate of drug-likeness (QED) is 0.723. The first-order chi connectivity index (χ1) is 9.81. The molecule has 20 heavy (non-hydrogen) atoms. The topological polar surface area (TPSA) is 52.5 Å². The molecule has 3 heteroatoms. The lowest BCUT2D eigenvalue weighted by Gasteiger charge is -2.21. The Labute approximate surface area is 119 Å². The molecule has 0 spiro atoms. The molecule has 0 aromatic heterocycles. The predicted octanol–water partition coefficient (Wildman–Crippen LogP) is 2.12. The minimum Gasteiger partial charge on any atom is -0.396 e. The first-order valence-corrected chi connectivity index (χ1v) is 6.89. The molecular formula is C17H21NO2. The van der Waals surface area contributed by atoms with E-state index in [1.165, 1.54) is 5.56 Å². The van der Waals surface area contributed by atoms with Gasteiger partial charge in [-0.15, -0.1) is 0 Å². The lowest BCUT2D eigenvalue weighted by atomic mass is 9.96. The second-order valence-electron chi connectivity index (χ2n) is 4.91. The first-order valence-electron chi connectivity index (χ1n) is 6.89. The number of rotatable bonds is 7. The Morgan fingerprint density at radius 2 is 1.50 bits per heavy atom. The van der Waals surface area contributed by atoms with E-state index in [0.717, 1.165) is 12.1 Å². The highest BCUT2D eigenvalue weighted by Crippen LogP contribution is 2.21. The van der Waals surface area contributed by atoms with Gasteiger partial charge in [0.2, 0.25) is 0 Å². The maximum absolute atomic E-state index is 10.3. The number of aliphatic hydroxyl groups is 2. The van der Waals surface area contributed by atoms with Crippen molar-refractivity contribution in [2.75, 3.05) is 13.2 Å². The van der Waals surface area contributed by atoms with Crippen LogP contribution in [0.3, 0.4) is 0 Å². The molecule has 0 fully saturated rings. The van der Waals surface area contributed by atoms with Crippen LogP contribution in [0.2, 0.25) is 0 Å². The van der Waals surface area contributed by atoms with Gasteiger partial charge in [0, 0.05) is 25.6 Å². The zero-order chi connectivity index (χ0) is 14.2. The molecule has 0 bridgehead atoms. The molecule has 0 saturated carbocycles. The predicted molar refractivity (Wildman–Crippen MR) is 80.1 cm³/mol. The summed E-state index contributed by atoms with van der Waals surface area (Å²) in [6.45, 7) is 1.26. The van der Waals surface area contributed by atoms with Crippen LogP contribution in [-0.4, -0.2) is 23.4 Å². The van der Waals surface area contributed by atoms with E-state index in [1.807, 2.05) is 48.5 Å². The van der Waals surface area contributed by atoms with Crippen molar-refractivity contribution in [1.82, 2.24) is 5.32 Å². The number of hydrogen-bond acceptors (Lipinski definition) is 3. The van der Waals surface area contributed by atoms with Gasteiger partial charge in [-0.2, -0.15) is 0 Å². The summed E-state index contributed by atoms with van der Waals surface area (Å²) in [5.74, 6) is -0.207. The van der Waals surface area contributed by atoms with Crippen LogP contribution in [0, 0.1) is 5.92 Å². The lowest BCUT2D eigenvalue weighted by molar-refractivity contribution is 0.0663. The molecule has 106 valence electrons. The third kappa shape index (κ3) is 4.17. The van der Waals surface area contributed by atoms with E-state index in [0.29, 0.717) is 6.54 Å². The standard InChI is InChI=1S/C17H21NO2/c19-13-16(17(20)15-9-5-2-6-10-15)12-18-11-14-7-3-1-4-8-14/h1-10,16-20H,11-13H2/t16-,17?/m1/s1. The van der Waals surface area contributed by atoms with E-state index >= 15 is 0 Å². The van der Waals surface area contributed by atoms with Crippen molar-refractivity contribution < 1.29 is 10.2 Å². The molecular weight excluding hydrogens is 250 g/mol. The van der Waals surface area contributed by atoms with Gasteiger partial charge in [0.1, 0.15) is 0 Å². The monoisotopic (exact) mass is 271 g/mol. The smallest absolute Gasteiger partial charge is 0.0852 e. The second-order valence-corrected chi connectivity index (χ2v) is 4.91. The highest BCUT2D eigenvalue weighted by molar-refractivity contribution is 5.18. The molecule has 0 aliphatic carbocycles. The summed E-state index contributed by atoms with van der Waals surface area (Å²) in [6.07, 6.45) is -0.649. The maximum atomic E-state index is 10.3. The molecule has 2 atom stereocenters. The zero-order valence-electron chi connectivity index (χ0n) is 11.4. The molecule has 0 radical (unpaired) electrons. The average Bonchev–Trinajstić information content (AvgIpc) is 2.53. The maximum Gasteiger partial charge on any atom is 0.0852 e. The highest BCUT2D eigenvalue weighted by atomic mass is 16.3. The van der Waals surface area contributed by atoms with E-state index in [2.05, 4.69) is 17.4 Å². The molecule has 0 aliphatic rings. The third-order valence-electron chi connectivity index (χ3n) is 3.40. The van der Waals surface area contributed by atoms with E-state index in [9.17, 15) is 10.2 Å². The van der Waals surface area contributed by atoms with Crippen molar-refractivity contribution in [1.29, 1.82) is 0 Å². The Bertz CT molecular complexity index is 487. The third-order valence-corrected chi connectivity index (χ3v) is 3.40. The fourth-order valence-corrected chi connectivity index (χ4v) is 2.20. The van der Waals surface area contributed by atoms with Gasteiger partial charge in [0.05, 0.1) is 6.10 Å². The van der Waals surface area contributed by atoms with Gasteiger partial charge < -0.3 is 15.5 Å². The number of nitrogens with one attached hydrogen (secondary N) is 1. The molecule has 2 aromatic carbocycles. The van der Waals surface area contributed by atoms with Gasteiger partial charge >= 0.3 is 0 Å². The summed E-state index contributed by atoms with van der Waals surface area (Å²) in [4.78, 5) is 0. The van der Waals surface area contributed by atoms with Crippen molar-refractivity contribution in [3.63, 3.8) is 0 Å². The van der Waals surface area contributed by atoms with Crippen LogP contribution < -0.4 is 5.32 Å². The normalized spacial score (nSPS) is 13.9. The Kier molecular flexibility index (Phi) is 5.74. The Balaban J connectivity index is 1.86. The van der Waals surface area contributed by atoms with Crippen molar-refractivity contribution in [3.05, 3.63) is 71.8 Å². The van der Waals surface area contributed by atoms with Crippen LogP contribution in [0.1, 0.15) is 17.2 Å². The largest absolute Gasteiger partial charge is 0.396 e. The van der Waals surface area contributed by atoms with Crippen molar-refractivity contribution in [2.24, 2.45) is 5.92 Å². The minimum absolute atomic E-state index is 0.0438. The fourth-order valence-electron chi connectivity index (χ4n) is 2.20.